The number of ether oxygens (including phenoxy) is 2. The Bertz CT molecular complexity index is 1070. The number of benzene rings is 1. The summed E-state index contributed by atoms with van der Waals surface area (Å²) in [6.07, 6.45) is 0.0655. The zero-order chi connectivity index (χ0) is 24.2. The predicted molar refractivity (Wildman–Crippen MR) is 123 cm³/mol. The van der Waals surface area contributed by atoms with E-state index in [0.717, 1.165) is 11.3 Å². The van der Waals surface area contributed by atoms with Crippen molar-refractivity contribution in [1.29, 1.82) is 0 Å². The molecule has 1 aromatic heterocycles. The fraction of sp³-hybridized carbons (Fsp3) is 0.455. The first kappa shape index (κ1) is 23.9. The first-order valence-electron chi connectivity index (χ1n) is 10.9. The normalized spacial score (nSPS) is 19.2. The third-order valence-corrected chi connectivity index (χ3v) is 6.70. The van der Waals surface area contributed by atoms with Crippen LogP contribution in [0, 0.1) is 15.9 Å². The average Bonchev–Trinajstić information content (AvgIpc) is 3.41. The minimum Gasteiger partial charge on any atom is -0.487 e. The Morgan fingerprint density at radius 1 is 1.35 bits per heavy atom. The Hall–Kier alpha value is -3.25. The van der Waals surface area contributed by atoms with Crippen molar-refractivity contribution in [2.24, 2.45) is 0 Å². The minimum atomic E-state index is -0.596. The molecule has 3 heterocycles. The third-order valence-electron chi connectivity index (χ3n) is 5.79. The quantitative estimate of drug-likeness (QED) is 0.444. The van der Waals surface area contributed by atoms with Crippen molar-refractivity contribution in [3.8, 4) is 5.75 Å². The van der Waals surface area contributed by atoms with E-state index in [4.69, 9.17) is 9.47 Å². The summed E-state index contributed by atoms with van der Waals surface area (Å²) in [5, 5.41) is 15.6. The highest BCUT2D eigenvalue weighted by molar-refractivity contribution is 7.13. The zero-order valence-corrected chi connectivity index (χ0v) is 19.4. The molecule has 0 radical (unpaired) electrons. The number of amides is 2. The highest BCUT2D eigenvalue weighted by Gasteiger charge is 2.33. The smallest absolute Gasteiger partial charge is 0.414 e. The van der Waals surface area contributed by atoms with E-state index in [1.54, 1.807) is 17.5 Å². The summed E-state index contributed by atoms with van der Waals surface area (Å²) < 4.78 is 25.8. The van der Waals surface area contributed by atoms with Crippen LogP contribution in [-0.4, -0.2) is 60.2 Å². The van der Waals surface area contributed by atoms with Crippen molar-refractivity contribution in [3.05, 3.63) is 51.1 Å². The van der Waals surface area contributed by atoms with Crippen molar-refractivity contribution in [2.75, 3.05) is 31.1 Å². The van der Waals surface area contributed by atoms with Crippen molar-refractivity contribution in [1.82, 2.24) is 10.2 Å². The van der Waals surface area contributed by atoms with Crippen LogP contribution in [0.5, 0.6) is 5.75 Å². The number of nitro groups is 1. The monoisotopic (exact) mass is 492 g/mol. The predicted octanol–water partition coefficient (Wildman–Crippen LogP) is 3.30. The molecular weight excluding hydrogens is 467 g/mol. The first-order valence-corrected chi connectivity index (χ1v) is 11.8. The molecule has 182 valence electrons. The second-order valence-electron chi connectivity index (χ2n) is 8.27. The first-order chi connectivity index (χ1) is 16.3. The molecule has 0 spiro atoms. The molecule has 4 rings (SSSR count). The summed E-state index contributed by atoms with van der Waals surface area (Å²) in [5.41, 5.74) is 1.06. The lowest BCUT2D eigenvalue weighted by molar-refractivity contribution is -0.381. The summed E-state index contributed by atoms with van der Waals surface area (Å²) in [6.45, 7) is 3.66. The molecule has 2 aromatic rings. The van der Waals surface area contributed by atoms with E-state index in [9.17, 15) is 24.1 Å². The van der Waals surface area contributed by atoms with E-state index in [2.05, 4.69) is 10.2 Å². The summed E-state index contributed by atoms with van der Waals surface area (Å²) in [4.78, 5) is 37.4. The lowest BCUT2D eigenvalue weighted by Crippen LogP contribution is -2.38. The highest BCUT2D eigenvalue weighted by atomic mass is 32.1. The molecule has 1 atom stereocenters. The van der Waals surface area contributed by atoms with Crippen LogP contribution in [0.3, 0.4) is 0 Å². The van der Waals surface area contributed by atoms with E-state index >= 15 is 0 Å². The number of nitrogens with one attached hydrogen (secondary N) is 1. The summed E-state index contributed by atoms with van der Waals surface area (Å²) >= 11 is 1.12. The maximum atomic E-state index is 14.8. The van der Waals surface area contributed by atoms with Gasteiger partial charge < -0.3 is 14.8 Å². The van der Waals surface area contributed by atoms with Gasteiger partial charge in [0.2, 0.25) is 5.91 Å². The molecule has 0 saturated carbocycles. The van der Waals surface area contributed by atoms with Crippen LogP contribution < -0.4 is 15.0 Å². The van der Waals surface area contributed by atoms with Crippen LogP contribution in [-0.2, 0) is 16.1 Å². The minimum absolute atomic E-state index is 0.109. The average molecular weight is 493 g/mol. The lowest BCUT2D eigenvalue weighted by atomic mass is 10.1. The Balaban J connectivity index is 1.30. The molecule has 12 heteroatoms. The van der Waals surface area contributed by atoms with E-state index in [1.165, 1.54) is 24.0 Å². The number of cyclic esters (lactones) is 1. The van der Waals surface area contributed by atoms with Crippen LogP contribution in [0.1, 0.15) is 25.3 Å². The summed E-state index contributed by atoms with van der Waals surface area (Å²) in [5.74, 6) is -0.689. The summed E-state index contributed by atoms with van der Waals surface area (Å²) in [6, 6.07) is 6.12. The molecule has 0 unspecified atom stereocenters. The van der Waals surface area contributed by atoms with Gasteiger partial charge in [0, 0.05) is 32.6 Å². The lowest BCUT2D eigenvalue weighted by Gasteiger charge is -2.32. The van der Waals surface area contributed by atoms with Gasteiger partial charge >= 0.3 is 11.1 Å². The number of hydrogen-bond acceptors (Lipinski definition) is 8. The number of hydrogen-bond donors (Lipinski definition) is 1. The van der Waals surface area contributed by atoms with Gasteiger partial charge in [-0.1, -0.05) is 11.3 Å². The number of carbonyl (C=O) groups is 2. The Labute approximate surface area is 199 Å². The molecule has 0 bridgehead atoms. The van der Waals surface area contributed by atoms with E-state index in [-0.39, 0.29) is 40.8 Å². The molecule has 10 nitrogen and oxygen atoms in total. The number of thiophene rings is 1. The Morgan fingerprint density at radius 2 is 2.12 bits per heavy atom. The molecule has 1 aromatic carbocycles. The number of likely N-dealkylation sites (tertiary alicyclic amines) is 1. The SMILES string of the molecule is CC(=O)NC[C@H]1CN(c2ccc(OC3CCN(Cc4ccsc4[N+](=O)[O-])CC3)c(F)c2)C(=O)O1. The molecule has 2 amide bonds. The second-order valence-corrected chi connectivity index (χ2v) is 9.16. The highest BCUT2D eigenvalue weighted by Crippen LogP contribution is 2.30. The van der Waals surface area contributed by atoms with Crippen LogP contribution in [0.15, 0.2) is 29.6 Å². The fourth-order valence-electron chi connectivity index (χ4n) is 4.06. The molecule has 2 fully saturated rings. The number of carbonyl (C=O) groups excluding carboxylic acids is 2. The van der Waals surface area contributed by atoms with Gasteiger partial charge in [0.05, 0.1) is 29.3 Å². The topological polar surface area (TPSA) is 114 Å². The van der Waals surface area contributed by atoms with Gasteiger partial charge in [-0.05, 0) is 36.4 Å². The zero-order valence-electron chi connectivity index (χ0n) is 18.6. The molecule has 2 aliphatic rings. The molecule has 2 aliphatic heterocycles. The summed E-state index contributed by atoms with van der Waals surface area (Å²) in [7, 11) is 0. The van der Waals surface area contributed by atoms with Crippen LogP contribution >= 0.6 is 11.3 Å². The van der Waals surface area contributed by atoms with Gasteiger partial charge in [-0.2, -0.15) is 0 Å². The number of rotatable bonds is 8. The van der Waals surface area contributed by atoms with E-state index < -0.39 is 18.0 Å². The van der Waals surface area contributed by atoms with E-state index in [0.29, 0.717) is 43.7 Å². The van der Waals surface area contributed by atoms with Gasteiger partial charge in [-0.15, -0.1) is 0 Å². The molecule has 2 saturated heterocycles. The van der Waals surface area contributed by atoms with Crippen LogP contribution in [0.25, 0.3) is 0 Å². The molecule has 0 aliphatic carbocycles. The third kappa shape index (κ3) is 5.62. The van der Waals surface area contributed by atoms with Crippen molar-refractivity contribution in [3.63, 3.8) is 0 Å². The number of piperidine rings is 1. The number of halogens is 1. The number of nitrogens with zero attached hydrogens (tertiary/aromatic N) is 3. The van der Waals surface area contributed by atoms with Crippen LogP contribution in [0.2, 0.25) is 0 Å². The van der Waals surface area contributed by atoms with Crippen molar-refractivity contribution < 1.29 is 28.4 Å². The van der Waals surface area contributed by atoms with Gasteiger partial charge in [-0.25, -0.2) is 9.18 Å². The maximum absolute atomic E-state index is 14.8. The van der Waals surface area contributed by atoms with Crippen LogP contribution in [0.4, 0.5) is 19.9 Å². The maximum Gasteiger partial charge on any atom is 0.414 e. The van der Waals surface area contributed by atoms with Crippen molar-refractivity contribution in [2.45, 2.75) is 38.5 Å². The molecular formula is C22H25FN4O6S. The molecule has 1 N–H and O–H groups in total. The molecule has 34 heavy (non-hydrogen) atoms. The Morgan fingerprint density at radius 3 is 2.79 bits per heavy atom. The number of anilines is 1. The van der Waals surface area contributed by atoms with Gasteiger partial charge in [-0.3, -0.25) is 24.7 Å². The van der Waals surface area contributed by atoms with Gasteiger partial charge in [0.15, 0.2) is 11.6 Å². The largest absolute Gasteiger partial charge is 0.487 e. The van der Waals surface area contributed by atoms with Gasteiger partial charge in [0.1, 0.15) is 12.2 Å². The Kier molecular flexibility index (Phi) is 7.27. The standard InChI is InChI=1S/C22H25FN4O6S/c1-14(28)24-11-18-13-26(22(29)33-18)16-2-3-20(19(23)10-16)32-17-4-7-25(8-5-17)12-15-6-9-34-21(15)27(30)31/h2-3,6,9-10,17-18H,4-5,7-8,11-13H2,1H3,(H,24,28)/t18-/m0/s1. The fourth-order valence-corrected chi connectivity index (χ4v) is 4.79. The van der Waals surface area contributed by atoms with Gasteiger partial charge in [0.25, 0.3) is 0 Å². The van der Waals surface area contributed by atoms with Crippen molar-refractivity contribution >= 4 is 34.0 Å². The second kappa shape index (κ2) is 10.3. The van der Waals surface area contributed by atoms with E-state index in [1.807, 2.05) is 0 Å².